The summed E-state index contributed by atoms with van der Waals surface area (Å²) in [6.07, 6.45) is 4.86. The van der Waals surface area contributed by atoms with Crippen LogP contribution < -0.4 is 4.74 Å². The normalized spacial score (nSPS) is 9.21. The Hall–Kier alpha value is -1.82. The van der Waals surface area contributed by atoms with Gasteiger partial charge in [0.05, 0.1) is 19.1 Å². The van der Waals surface area contributed by atoms with Gasteiger partial charge < -0.3 is 4.74 Å². The highest BCUT2D eigenvalue weighted by Gasteiger charge is 2.13. The Morgan fingerprint density at radius 1 is 1.64 bits per heavy atom. The Bertz CT molecular complexity index is 391. The number of benzene rings is 1. The maximum absolute atomic E-state index is 13.4. The number of ether oxygens (including phenoxy) is 1. The second-order valence-corrected chi connectivity index (χ2v) is 2.63. The minimum atomic E-state index is -0.657. The van der Waals surface area contributed by atoms with Gasteiger partial charge in [-0.15, -0.1) is 6.42 Å². The van der Waals surface area contributed by atoms with Crippen LogP contribution in [-0.2, 0) is 0 Å². The van der Waals surface area contributed by atoms with Gasteiger partial charge in [0.1, 0.15) is 0 Å². The monoisotopic (exact) mass is 192 g/mol. The molecule has 0 amide bonds. The average molecular weight is 192 g/mol. The molecular weight excluding hydrogens is 183 g/mol. The molecule has 0 aliphatic carbocycles. The van der Waals surface area contributed by atoms with E-state index in [2.05, 4.69) is 5.92 Å². The van der Waals surface area contributed by atoms with E-state index < -0.39 is 11.6 Å². The Labute approximate surface area is 81.7 Å². The fraction of sp³-hybridized carbons (Fsp3) is 0.182. The van der Waals surface area contributed by atoms with Gasteiger partial charge >= 0.3 is 0 Å². The van der Waals surface area contributed by atoms with Gasteiger partial charge in [-0.05, 0) is 12.1 Å². The zero-order valence-electron chi connectivity index (χ0n) is 7.71. The van der Waals surface area contributed by atoms with Crippen LogP contribution in [0.3, 0.4) is 0 Å². The fourth-order valence-electron chi connectivity index (χ4n) is 1.07. The molecule has 72 valence electrons. The van der Waals surface area contributed by atoms with Gasteiger partial charge in [-0.3, -0.25) is 4.79 Å². The third-order valence-corrected chi connectivity index (χ3v) is 1.75. The first-order valence-electron chi connectivity index (χ1n) is 4.00. The molecule has 0 N–H and O–H groups in total. The van der Waals surface area contributed by atoms with Crippen LogP contribution >= 0.6 is 0 Å². The summed E-state index contributed by atoms with van der Waals surface area (Å²) in [5, 5.41) is 0. The predicted octanol–water partition coefficient (Wildman–Crippen LogP) is 2.04. The minimum absolute atomic E-state index is 0.0256. The summed E-state index contributed by atoms with van der Waals surface area (Å²) in [4.78, 5) is 11.3. The summed E-state index contributed by atoms with van der Waals surface area (Å²) in [6, 6.07) is 4.38. The molecule has 2 nitrogen and oxygen atoms in total. The Morgan fingerprint density at radius 2 is 2.36 bits per heavy atom. The van der Waals surface area contributed by atoms with Gasteiger partial charge in [0.25, 0.3) is 0 Å². The van der Waals surface area contributed by atoms with Crippen LogP contribution in [0.5, 0.6) is 5.75 Å². The molecule has 0 unspecified atom stereocenters. The number of terminal acetylenes is 1. The van der Waals surface area contributed by atoms with Crippen molar-refractivity contribution in [1.82, 2.24) is 0 Å². The molecule has 0 fully saturated rings. The first-order chi connectivity index (χ1) is 6.70. The SMILES string of the molecule is C#CCC(=O)c1cccc(OC)c1F. The highest BCUT2D eigenvalue weighted by atomic mass is 19.1. The molecule has 0 saturated heterocycles. The van der Waals surface area contributed by atoms with Gasteiger partial charge in [-0.1, -0.05) is 12.0 Å². The third-order valence-electron chi connectivity index (χ3n) is 1.75. The number of ketones is 1. The minimum Gasteiger partial charge on any atom is -0.494 e. The molecule has 0 aliphatic heterocycles. The summed E-state index contributed by atoms with van der Waals surface area (Å²) in [5.74, 6) is 1.15. The van der Waals surface area contributed by atoms with E-state index in [1.807, 2.05) is 0 Å². The number of rotatable bonds is 3. The molecule has 1 aromatic carbocycles. The Kier molecular flexibility index (Phi) is 3.24. The largest absolute Gasteiger partial charge is 0.494 e. The molecule has 0 atom stereocenters. The van der Waals surface area contributed by atoms with E-state index in [0.717, 1.165) is 0 Å². The lowest BCUT2D eigenvalue weighted by molar-refractivity contribution is 0.0993. The number of hydrogen-bond donors (Lipinski definition) is 0. The smallest absolute Gasteiger partial charge is 0.177 e. The van der Waals surface area contributed by atoms with E-state index in [-0.39, 0.29) is 17.7 Å². The molecule has 1 aromatic rings. The molecule has 0 aliphatic rings. The van der Waals surface area contributed by atoms with Gasteiger partial charge in [-0.25, -0.2) is 4.39 Å². The molecule has 0 radical (unpaired) electrons. The van der Waals surface area contributed by atoms with Crippen molar-refractivity contribution in [2.24, 2.45) is 0 Å². The molecule has 0 spiro atoms. The fourth-order valence-corrected chi connectivity index (χ4v) is 1.07. The first-order valence-corrected chi connectivity index (χ1v) is 4.00. The second-order valence-electron chi connectivity index (χ2n) is 2.63. The molecule has 14 heavy (non-hydrogen) atoms. The van der Waals surface area contributed by atoms with Crippen LogP contribution in [0.4, 0.5) is 4.39 Å². The summed E-state index contributed by atoms with van der Waals surface area (Å²) >= 11 is 0. The van der Waals surface area contributed by atoms with Crippen LogP contribution in [0.1, 0.15) is 16.8 Å². The Balaban J connectivity index is 3.10. The second kappa shape index (κ2) is 4.43. The van der Waals surface area contributed by atoms with Crippen molar-refractivity contribution in [3.63, 3.8) is 0 Å². The maximum atomic E-state index is 13.4. The number of methoxy groups -OCH3 is 1. The molecular formula is C11H9FO2. The zero-order chi connectivity index (χ0) is 10.6. The van der Waals surface area contributed by atoms with Crippen LogP contribution in [0.2, 0.25) is 0 Å². The molecule has 0 bridgehead atoms. The third kappa shape index (κ3) is 1.91. The first kappa shape index (κ1) is 10.3. The number of hydrogen-bond acceptors (Lipinski definition) is 2. The van der Waals surface area contributed by atoms with Crippen LogP contribution in [-0.4, -0.2) is 12.9 Å². The standard InChI is InChI=1S/C11H9FO2/c1-3-5-9(13)8-6-4-7-10(14-2)11(8)12/h1,4,6-7H,5H2,2H3. The summed E-state index contributed by atoms with van der Waals surface area (Å²) < 4.78 is 18.2. The highest BCUT2D eigenvalue weighted by molar-refractivity contribution is 5.98. The van der Waals surface area contributed by atoms with Crippen molar-refractivity contribution in [3.8, 4) is 18.1 Å². The molecule has 0 aromatic heterocycles. The van der Waals surface area contributed by atoms with Gasteiger partial charge in [0, 0.05) is 0 Å². The number of Topliss-reactive ketones (excluding diaryl/α,β-unsaturated/α-hetero) is 1. The molecule has 3 heteroatoms. The van der Waals surface area contributed by atoms with Gasteiger partial charge in [0.2, 0.25) is 0 Å². The van der Waals surface area contributed by atoms with E-state index in [4.69, 9.17) is 11.2 Å². The van der Waals surface area contributed by atoms with Crippen molar-refractivity contribution in [1.29, 1.82) is 0 Å². The van der Waals surface area contributed by atoms with Crippen molar-refractivity contribution < 1.29 is 13.9 Å². The highest BCUT2D eigenvalue weighted by Crippen LogP contribution is 2.20. The van der Waals surface area contributed by atoms with E-state index in [1.54, 1.807) is 6.07 Å². The molecule has 0 heterocycles. The number of halogens is 1. The number of carbonyl (C=O) groups is 1. The van der Waals surface area contributed by atoms with Crippen molar-refractivity contribution in [3.05, 3.63) is 29.6 Å². The van der Waals surface area contributed by atoms with Crippen LogP contribution in [0, 0.1) is 18.2 Å². The quantitative estimate of drug-likeness (QED) is 0.541. The topological polar surface area (TPSA) is 26.3 Å². The van der Waals surface area contributed by atoms with Crippen molar-refractivity contribution in [2.45, 2.75) is 6.42 Å². The van der Waals surface area contributed by atoms with E-state index in [9.17, 15) is 9.18 Å². The summed E-state index contributed by atoms with van der Waals surface area (Å²) in [6.45, 7) is 0. The average Bonchev–Trinajstić information content (AvgIpc) is 2.18. The number of carbonyl (C=O) groups excluding carboxylic acids is 1. The summed E-state index contributed by atoms with van der Waals surface area (Å²) in [5.41, 5.74) is -0.0256. The van der Waals surface area contributed by atoms with Crippen LogP contribution in [0.15, 0.2) is 18.2 Å². The van der Waals surface area contributed by atoms with Gasteiger partial charge in [0.15, 0.2) is 17.3 Å². The zero-order valence-corrected chi connectivity index (χ0v) is 7.71. The predicted molar refractivity (Wildman–Crippen MR) is 50.7 cm³/mol. The van der Waals surface area contributed by atoms with Crippen molar-refractivity contribution in [2.75, 3.05) is 7.11 Å². The molecule has 1 rings (SSSR count). The lowest BCUT2D eigenvalue weighted by atomic mass is 10.1. The summed E-state index contributed by atoms with van der Waals surface area (Å²) in [7, 11) is 1.34. The Morgan fingerprint density at radius 3 is 2.93 bits per heavy atom. The van der Waals surface area contributed by atoms with Gasteiger partial charge in [-0.2, -0.15) is 0 Å². The van der Waals surface area contributed by atoms with Crippen LogP contribution in [0.25, 0.3) is 0 Å². The van der Waals surface area contributed by atoms with E-state index in [0.29, 0.717) is 0 Å². The van der Waals surface area contributed by atoms with E-state index in [1.165, 1.54) is 19.2 Å². The lowest BCUT2D eigenvalue weighted by Gasteiger charge is -2.04. The van der Waals surface area contributed by atoms with E-state index >= 15 is 0 Å². The van der Waals surface area contributed by atoms with Crippen molar-refractivity contribution >= 4 is 5.78 Å². The lowest BCUT2D eigenvalue weighted by Crippen LogP contribution is -2.02. The molecule has 0 saturated carbocycles. The maximum Gasteiger partial charge on any atom is 0.177 e.